The Balaban J connectivity index is 2.16. The first-order chi connectivity index (χ1) is 9.48. The van der Waals surface area contributed by atoms with Crippen LogP contribution in [0.4, 0.5) is 17.3 Å². The van der Waals surface area contributed by atoms with Crippen molar-refractivity contribution in [3.05, 3.63) is 42.2 Å². The Bertz CT molecular complexity index is 643. The molecular weight excluding hydrogens is 250 g/mol. The van der Waals surface area contributed by atoms with Gasteiger partial charge in [0.25, 0.3) is 0 Å². The van der Waals surface area contributed by atoms with Gasteiger partial charge in [-0.05, 0) is 38.5 Å². The van der Waals surface area contributed by atoms with Crippen molar-refractivity contribution in [3.8, 4) is 6.07 Å². The molecule has 5 nitrogen and oxygen atoms in total. The van der Waals surface area contributed by atoms with Crippen LogP contribution in [0.15, 0.2) is 36.7 Å². The van der Waals surface area contributed by atoms with Crippen LogP contribution in [0, 0.1) is 18.3 Å². The van der Waals surface area contributed by atoms with Gasteiger partial charge in [0.15, 0.2) is 0 Å². The molecule has 20 heavy (non-hydrogen) atoms. The van der Waals surface area contributed by atoms with Crippen molar-refractivity contribution in [3.63, 3.8) is 0 Å². The second kappa shape index (κ2) is 5.57. The molecule has 5 heteroatoms. The van der Waals surface area contributed by atoms with Crippen LogP contribution >= 0.6 is 0 Å². The molecule has 0 bridgehead atoms. The molecule has 0 radical (unpaired) electrons. The average Bonchev–Trinajstić information content (AvgIpc) is 2.38. The van der Waals surface area contributed by atoms with E-state index in [4.69, 9.17) is 5.26 Å². The fraction of sp³-hybridized carbons (Fsp3) is 0.267. The number of aromatic nitrogens is 2. The Morgan fingerprint density at radius 3 is 2.60 bits per heavy atom. The van der Waals surface area contributed by atoms with Gasteiger partial charge in [-0.2, -0.15) is 5.26 Å². The highest BCUT2D eigenvalue weighted by molar-refractivity contribution is 5.59. The molecule has 1 aromatic carbocycles. The van der Waals surface area contributed by atoms with Crippen LogP contribution in [0.25, 0.3) is 0 Å². The van der Waals surface area contributed by atoms with Crippen molar-refractivity contribution in [2.75, 3.05) is 10.6 Å². The Morgan fingerprint density at radius 2 is 1.90 bits per heavy atom. The Morgan fingerprint density at radius 1 is 1.15 bits per heavy atom. The molecule has 2 N–H and O–H groups in total. The maximum Gasteiger partial charge on any atom is 0.135 e. The predicted octanol–water partition coefficient (Wildman–Crippen LogP) is 3.24. The molecule has 0 aliphatic carbocycles. The van der Waals surface area contributed by atoms with Crippen LogP contribution in [-0.2, 0) is 0 Å². The largest absolute Gasteiger partial charge is 0.352 e. The van der Waals surface area contributed by atoms with Gasteiger partial charge in [0, 0.05) is 11.8 Å². The summed E-state index contributed by atoms with van der Waals surface area (Å²) in [6, 6.07) is 12.0. The van der Waals surface area contributed by atoms with E-state index in [1.165, 1.54) is 11.9 Å². The van der Waals surface area contributed by atoms with Crippen molar-refractivity contribution >= 4 is 17.3 Å². The highest BCUT2D eigenvalue weighted by Gasteiger charge is 2.16. The lowest BCUT2D eigenvalue weighted by molar-refractivity contribution is 0.723. The first-order valence-electron chi connectivity index (χ1n) is 6.34. The normalized spacial score (nSPS) is 10.7. The van der Waals surface area contributed by atoms with Gasteiger partial charge >= 0.3 is 0 Å². The summed E-state index contributed by atoms with van der Waals surface area (Å²) in [5, 5.41) is 15.3. The SMILES string of the molecule is Cc1cccc(Nc2cc(NC(C)(C)C#N)ncn2)c1. The standard InChI is InChI=1S/C15H17N5/c1-11-5-4-6-12(7-11)19-13-8-14(18-10-17-13)20-15(2,3)9-16/h4-8,10H,1-3H3,(H2,17,18,19,20). The molecule has 0 saturated carbocycles. The number of rotatable bonds is 4. The van der Waals surface area contributed by atoms with Crippen LogP contribution in [0.2, 0.25) is 0 Å². The molecule has 1 heterocycles. The molecular formula is C15H17N5. The summed E-state index contributed by atoms with van der Waals surface area (Å²) < 4.78 is 0. The summed E-state index contributed by atoms with van der Waals surface area (Å²) in [6.07, 6.45) is 1.47. The highest BCUT2D eigenvalue weighted by Crippen LogP contribution is 2.19. The quantitative estimate of drug-likeness (QED) is 0.889. The van der Waals surface area contributed by atoms with Crippen molar-refractivity contribution in [1.82, 2.24) is 9.97 Å². The molecule has 0 atom stereocenters. The Labute approximate surface area is 118 Å². The van der Waals surface area contributed by atoms with E-state index >= 15 is 0 Å². The lowest BCUT2D eigenvalue weighted by Crippen LogP contribution is -2.28. The zero-order valence-electron chi connectivity index (χ0n) is 11.8. The number of nitrogens with zero attached hydrogens (tertiary/aromatic N) is 3. The van der Waals surface area contributed by atoms with Gasteiger partial charge in [-0.1, -0.05) is 12.1 Å². The second-order valence-electron chi connectivity index (χ2n) is 5.14. The van der Waals surface area contributed by atoms with E-state index in [0.717, 1.165) is 5.69 Å². The number of anilines is 3. The second-order valence-corrected chi connectivity index (χ2v) is 5.14. The third kappa shape index (κ3) is 3.69. The zero-order valence-corrected chi connectivity index (χ0v) is 11.8. The smallest absolute Gasteiger partial charge is 0.135 e. The monoisotopic (exact) mass is 267 g/mol. The number of benzene rings is 1. The van der Waals surface area contributed by atoms with Crippen LogP contribution < -0.4 is 10.6 Å². The maximum atomic E-state index is 9.02. The van der Waals surface area contributed by atoms with Crippen molar-refractivity contribution in [2.45, 2.75) is 26.3 Å². The Kier molecular flexibility index (Phi) is 3.85. The zero-order chi connectivity index (χ0) is 14.6. The van der Waals surface area contributed by atoms with Crippen molar-refractivity contribution in [2.24, 2.45) is 0 Å². The van der Waals surface area contributed by atoms with Crippen LogP contribution in [-0.4, -0.2) is 15.5 Å². The molecule has 102 valence electrons. The molecule has 2 aromatic rings. The molecule has 0 unspecified atom stereocenters. The molecule has 0 aliphatic heterocycles. The van der Waals surface area contributed by atoms with Gasteiger partial charge in [0.1, 0.15) is 23.5 Å². The van der Waals surface area contributed by atoms with Gasteiger partial charge < -0.3 is 10.6 Å². The number of hydrogen-bond donors (Lipinski definition) is 2. The van der Waals surface area contributed by atoms with Crippen LogP contribution in [0.3, 0.4) is 0 Å². The third-order valence-corrected chi connectivity index (χ3v) is 2.68. The van der Waals surface area contributed by atoms with E-state index in [2.05, 4.69) is 26.7 Å². The van der Waals surface area contributed by atoms with E-state index in [1.54, 1.807) is 19.9 Å². The molecule has 0 aliphatic rings. The highest BCUT2D eigenvalue weighted by atomic mass is 15.1. The minimum absolute atomic E-state index is 0.613. The van der Waals surface area contributed by atoms with Gasteiger partial charge in [-0.15, -0.1) is 0 Å². The van der Waals surface area contributed by atoms with Gasteiger partial charge in [0.2, 0.25) is 0 Å². The van der Waals surface area contributed by atoms with E-state index in [1.807, 2.05) is 31.2 Å². The lowest BCUT2D eigenvalue weighted by atomic mass is 10.1. The Hall–Kier alpha value is -2.61. The maximum absolute atomic E-state index is 9.02. The molecule has 1 aromatic heterocycles. The minimum atomic E-state index is -0.672. The molecule has 0 spiro atoms. The fourth-order valence-electron chi connectivity index (χ4n) is 1.71. The number of hydrogen-bond acceptors (Lipinski definition) is 5. The first-order valence-corrected chi connectivity index (χ1v) is 6.34. The van der Waals surface area contributed by atoms with E-state index in [9.17, 15) is 0 Å². The molecule has 0 fully saturated rings. The summed E-state index contributed by atoms with van der Waals surface area (Å²) >= 11 is 0. The first kappa shape index (κ1) is 13.8. The van der Waals surface area contributed by atoms with Crippen LogP contribution in [0.1, 0.15) is 19.4 Å². The summed E-state index contributed by atoms with van der Waals surface area (Å²) in [5.41, 5.74) is 1.47. The molecule has 0 saturated heterocycles. The summed E-state index contributed by atoms with van der Waals surface area (Å²) in [5.74, 6) is 1.29. The predicted molar refractivity (Wildman–Crippen MR) is 79.8 cm³/mol. The average molecular weight is 267 g/mol. The van der Waals surface area contributed by atoms with E-state index in [0.29, 0.717) is 11.6 Å². The van der Waals surface area contributed by atoms with Gasteiger partial charge in [-0.25, -0.2) is 9.97 Å². The number of nitriles is 1. The van der Waals surface area contributed by atoms with Gasteiger partial charge in [-0.3, -0.25) is 0 Å². The minimum Gasteiger partial charge on any atom is -0.352 e. The summed E-state index contributed by atoms with van der Waals surface area (Å²) in [7, 11) is 0. The van der Waals surface area contributed by atoms with Crippen LogP contribution in [0.5, 0.6) is 0 Å². The van der Waals surface area contributed by atoms with Gasteiger partial charge in [0.05, 0.1) is 6.07 Å². The van der Waals surface area contributed by atoms with Crippen molar-refractivity contribution < 1.29 is 0 Å². The number of nitrogens with one attached hydrogen (secondary N) is 2. The molecule has 2 rings (SSSR count). The lowest BCUT2D eigenvalue weighted by Gasteiger charge is -2.18. The van der Waals surface area contributed by atoms with E-state index < -0.39 is 5.54 Å². The summed E-state index contributed by atoms with van der Waals surface area (Å²) in [4.78, 5) is 8.29. The number of aryl methyl sites for hydroxylation is 1. The van der Waals surface area contributed by atoms with Crippen molar-refractivity contribution in [1.29, 1.82) is 5.26 Å². The fourth-order valence-corrected chi connectivity index (χ4v) is 1.71. The third-order valence-electron chi connectivity index (χ3n) is 2.68. The molecule has 0 amide bonds. The van der Waals surface area contributed by atoms with E-state index in [-0.39, 0.29) is 0 Å². The summed E-state index contributed by atoms with van der Waals surface area (Å²) in [6.45, 7) is 5.62. The topological polar surface area (TPSA) is 73.6 Å².